The van der Waals surface area contributed by atoms with Crippen LogP contribution in [0.5, 0.6) is 5.75 Å². The molecule has 3 aromatic rings. The van der Waals surface area contributed by atoms with Crippen molar-refractivity contribution in [1.82, 2.24) is 4.98 Å². The molecule has 0 amide bonds. The van der Waals surface area contributed by atoms with Crippen molar-refractivity contribution in [2.75, 3.05) is 7.11 Å². The van der Waals surface area contributed by atoms with Crippen LogP contribution in [0.15, 0.2) is 36.5 Å². The molecule has 0 saturated heterocycles. The monoisotopic (exact) mass is 409 g/mol. The third-order valence-electron chi connectivity index (χ3n) is 3.92. The van der Waals surface area contributed by atoms with E-state index in [0.717, 1.165) is 11.1 Å². The standard InChI is InChI=1S/C18H14BrClFNO2/c1-9-5-11(21)7-13-14(8-22-17(9)13)18(23)16(19)12-4-3-10(20)6-15(12)24-2/h3-8,16,22H,1-2H3. The predicted molar refractivity (Wildman–Crippen MR) is 97.0 cm³/mol. The molecule has 0 saturated carbocycles. The van der Waals surface area contributed by atoms with Gasteiger partial charge in [-0.15, -0.1) is 0 Å². The lowest BCUT2D eigenvalue weighted by atomic mass is 10.0. The first-order valence-electron chi connectivity index (χ1n) is 7.21. The van der Waals surface area contributed by atoms with Gasteiger partial charge in [0, 0.05) is 33.2 Å². The molecule has 1 aromatic heterocycles. The molecule has 24 heavy (non-hydrogen) atoms. The fourth-order valence-electron chi connectivity index (χ4n) is 2.75. The molecule has 2 aromatic carbocycles. The number of benzene rings is 2. The van der Waals surface area contributed by atoms with E-state index in [1.807, 2.05) is 0 Å². The molecule has 3 rings (SSSR count). The Balaban J connectivity index is 2.06. The number of ether oxygens (including phenoxy) is 1. The second-order valence-corrected chi connectivity index (χ2v) is 6.81. The molecule has 0 fully saturated rings. The number of halogens is 3. The van der Waals surface area contributed by atoms with Crippen LogP contribution in [0, 0.1) is 12.7 Å². The third kappa shape index (κ3) is 2.94. The van der Waals surface area contributed by atoms with Crippen LogP contribution >= 0.6 is 27.5 Å². The number of alkyl halides is 1. The van der Waals surface area contributed by atoms with Gasteiger partial charge in [-0.25, -0.2) is 4.39 Å². The van der Waals surface area contributed by atoms with Gasteiger partial charge < -0.3 is 9.72 Å². The summed E-state index contributed by atoms with van der Waals surface area (Å²) in [5, 5.41) is 1.09. The summed E-state index contributed by atoms with van der Waals surface area (Å²) < 4.78 is 19.0. The highest BCUT2D eigenvalue weighted by Crippen LogP contribution is 2.37. The van der Waals surface area contributed by atoms with Gasteiger partial charge in [-0.1, -0.05) is 33.6 Å². The lowest BCUT2D eigenvalue weighted by Crippen LogP contribution is -2.08. The zero-order valence-electron chi connectivity index (χ0n) is 13.0. The first-order chi connectivity index (χ1) is 11.4. The summed E-state index contributed by atoms with van der Waals surface area (Å²) in [4.78, 5) is 15.3. The van der Waals surface area contributed by atoms with Crippen molar-refractivity contribution in [3.63, 3.8) is 0 Å². The van der Waals surface area contributed by atoms with Gasteiger partial charge in [0.25, 0.3) is 0 Å². The van der Waals surface area contributed by atoms with Crippen LogP contribution in [0.1, 0.15) is 26.3 Å². The number of hydrogen-bond acceptors (Lipinski definition) is 2. The smallest absolute Gasteiger partial charge is 0.183 e. The van der Waals surface area contributed by atoms with E-state index in [9.17, 15) is 9.18 Å². The number of carbonyl (C=O) groups is 1. The SMILES string of the molecule is COc1cc(Cl)ccc1C(Br)C(=O)c1c[nH]c2c(C)cc(F)cc12. The number of aromatic amines is 1. The highest BCUT2D eigenvalue weighted by Gasteiger charge is 2.25. The number of methoxy groups -OCH3 is 1. The number of aryl methyl sites for hydroxylation is 1. The number of aromatic nitrogens is 1. The molecule has 1 atom stereocenters. The molecule has 1 heterocycles. The average molecular weight is 411 g/mol. The van der Waals surface area contributed by atoms with E-state index in [-0.39, 0.29) is 11.6 Å². The summed E-state index contributed by atoms with van der Waals surface area (Å²) in [6, 6.07) is 7.88. The number of fused-ring (bicyclic) bond motifs is 1. The molecule has 1 unspecified atom stereocenters. The second-order valence-electron chi connectivity index (χ2n) is 5.46. The maximum Gasteiger partial charge on any atom is 0.183 e. The highest BCUT2D eigenvalue weighted by molar-refractivity contribution is 9.09. The Morgan fingerprint density at radius 3 is 2.79 bits per heavy atom. The van der Waals surface area contributed by atoms with Crippen LogP contribution in [0.2, 0.25) is 5.02 Å². The van der Waals surface area contributed by atoms with Crippen molar-refractivity contribution in [3.8, 4) is 5.75 Å². The maximum absolute atomic E-state index is 13.7. The lowest BCUT2D eigenvalue weighted by molar-refractivity contribution is 0.0992. The van der Waals surface area contributed by atoms with Crippen molar-refractivity contribution in [1.29, 1.82) is 0 Å². The fraction of sp³-hybridized carbons (Fsp3) is 0.167. The zero-order valence-corrected chi connectivity index (χ0v) is 15.3. The number of ketones is 1. The van der Waals surface area contributed by atoms with Crippen molar-refractivity contribution in [3.05, 3.63) is 64.1 Å². The van der Waals surface area contributed by atoms with E-state index < -0.39 is 4.83 Å². The maximum atomic E-state index is 13.7. The number of rotatable bonds is 4. The van der Waals surface area contributed by atoms with Crippen molar-refractivity contribution >= 4 is 44.2 Å². The summed E-state index contributed by atoms with van der Waals surface area (Å²) in [6.07, 6.45) is 1.61. The van der Waals surface area contributed by atoms with Gasteiger partial charge in [0.15, 0.2) is 5.78 Å². The molecule has 0 aliphatic rings. The molecule has 0 aliphatic carbocycles. The van der Waals surface area contributed by atoms with E-state index in [4.69, 9.17) is 16.3 Å². The van der Waals surface area contributed by atoms with Crippen LogP contribution < -0.4 is 4.74 Å². The Hall–Kier alpha value is -1.85. The van der Waals surface area contributed by atoms with Crippen LogP contribution in [-0.2, 0) is 0 Å². The van der Waals surface area contributed by atoms with E-state index in [2.05, 4.69) is 20.9 Å². The molecule has 1 N–H and O–H groups in total. The van der Waals surface area contributed by atoms with E-state index in [1.54, 1.807) is 31.3 Å². The minimum Gasteiger partial charge on any atom is -0.496 e. The Morgan fingerprint density at radius 1 is 1.33 bits per heavy atom. The van der Waals surface area contributed by atoms with E-state index >= 15 is 0 Å². The number of Topliss-reactive ketones (excluding diaryl/α,β-unsaturated/α-hetero) is 1. The number of nitrogens with one attached hydrogen (secondary N) is 1. The molecule has 0 aliphatic heterocycles. The summed E-state index contributed by atoms with van der Waals surface area (Å²) in [6.45, 7) is 1.80. The number of carbonyl (C=O) groups excluding carboxylic acids is 1. The number of H-pyrrole nitrogens is 1. The van der Waals surface area contributed by atoms with Gasteiger partial charge in [0.2, 0.25) is 0 Å². The highest BCUT2D eigenvalue weighted by atomic mass is 79.9. The molecular formula is C18H14BrClFNO2. The van der Waals surface area contributed by atoms with Gasteiger partial charge >= 0.3 is 0 Å². The van der Waals surface area contributed by atoms with Gasteiger partial charge in [-0.3, -0.25) is 4.79 Å². The van der Waals surface area contributed by atoms with Crippen LogP contribution in [0.25, 0.3) is 10.9 Å². The van der Waals surface area contributed by atoms with E-state index in [1.165, 1.54) is 19.2 Å². The van der Waals surface area contributed by atoms with Gasteiger partial charge in [-0.05, 0) is 36.8 Å². The molecular weight excluding hydrogens is 397 g/mol. The van der Waals surface area contributed by atoms with Gasteiger partial charge in [0.1, 0.15) is 16.4 Å². The molecule has 6 heteroatoms. The first kappa shape index (κ1) is 17.0. The summed E-state index contributed by atoms with van der Waals surface area (Å²) in [5.41, 5.74) is 2.59. The fourth-order valence-corrected chi connectivity index (χ4v) is 3.53. The first-order valence-corrected chi connectivity index (χ1v) is 8.50. The predicted octanol–water partition coefficient (Wildman–Crippen LogP) is 5.60. The second kappa shape index (κ2) is 6.57. The minimum absolute atomic E-state index is 0.188. The van der Waals surface area contributed by atoms with Crippen LogP contribution in [0.3, 0.4) is 0 Å². The van der Waals surface area contributed by atoms with E-state index in [0.29, 0.717) is 27.3 Å². The molecule has 3 nitrogen and oxygen atoms in total. The third-order valence-corrected chi connectivity index (χ3v) is 5.06. The van der Waals surface area contributed by atoms with Crippen LogP contribution in [-0.4, -0.2) is 17.9 Å². The summed E-state index contributed by atoms with van der Waals surface area (Å²) >= 11 is 9.40. The molecule has 0 radical (unpaired) electrons. The quantitative estimate of drug-likeness (QED) is 0.449. The molecule has 0 bridgehead atoms. The summed E-state index contributed by atoms with van der Waals surface area (Å²) in [7, 11) is 1.52. The van der Waals surface area contributed by atoms with Crippen molar-refractivity contribution in [2.24, 2.45) is 0 Å². The van der Waals surface area contributed by atoms with Crippen molar-refractivity contribution < 1.29 is 13.9 Å². The minimum atomic E-state index is -0.632. The normalized spacial score (nSPS) is 12.4. The van der Waals surface area contributed by atoms with Gasteiger partial charge in [0.05, 0.1) is 7.11 Å². The largest absolute Gasteiger partial charge is 0.496 e. The lowest BCUT2D eigenvalue weighted by Gasteiger charge is -2.13. The molecule has 124 valence electrons. The van der Waals surface area contributed by atoms with Crippen LogP contribution in [0.4, 0.5) is 4.39 Å². The zero-order chi connectivity index (χ0) is 17.4. The Kier molecular flexibility index (Phi) is 4.65. The number of hydrogen-bond donors (Lipinski definition) is 1. The Morgan fingerprint density at radius 2 is 2.08 bits per heavy atom. The summed E-state index contributed by atoms with van der Waals surface area (Å²) in [5.74, 6) is -0.0457. The van der Waals surface area contributed by atoms with Gasteiger partial charge in [-0.2, -0.15) is 0 Å². The average Bonchev–Trinajstić information content (AvgIpc) is 2.97. The molecule has 0 spiro atoms. The topological polar surface area (TPSA) is 42.1 Å². The Labute approximate surface area is 151 Å². The van der Waals surface area contributed by atoms with Crippen molar-refractivity contribution in [2.45, 2.75) is 11.8 Å². The Bertz CT molecular complexity index is 938.